The predicted molar refractivity (Wildman–Crippen MR) is 84.6 cm³/mol. The lowest BCUT2D eigenvalue weighted by Gasteiger charge is -2.22. The van der Waals surface area contributed by atoms with Crippen LogP contribution in [0.15, 0.2) is 24.3 Å². The molecule has 2 saturated heterocycles. The van der Waals surface area contributed by atoms with Crippen LogP contribution < -0.4 is 5.32 Å². The van der Waals surface area contributed by atoms with Gasteiger partial charge in [-0.05, 0) is 37.0 Å². The van der Waals surface area contributed by atoms with E-state index in [1.165, 1.54) is 12.1 Å². The average molecular weight is 332 g/mol. The number of likely N-dealkylation sites (tertiary alicyclic amines) is 1. The van der Waals surface area contributed by atoms with E-state index in [4.69, 9.17) is 4.74 Å². The zero-order valence-corrected chi connectivity index (χ0v) is 13.4. The summed E-state index contributed by atoms with van der Waals surface area (Å²) in [4.78, 5) is 26.9. The summed E-state index contributed by atoms with van der Waals surface area (Å²) in [5, 5.41) is 3.02. The molecule has 0 spiro atoms. The van der Waals surface area contributed by atoms with Crippen molar-refractivity contribution >= 4 is 11.8 Å². The SMILES string of the molecule is O=C(NC1CC1)[C@@H]1CN(C(=O)Cc2cccc(F)c2)[C@H]2CCO[C@H]12. The maximum Gasteiger partial charge on any atom is 0.227 e. The van der Waals surface area contributed by atoms with Crippen molar-refractivity contribution in [2.24, 2.45) is 5.92 Å². The lowest BCUT2D eigenvalue weighted by molar-refractivity contribution is -0.131. The molecule has 1 aromatic rings. The zero-order valence-electron chi connectivity index (χ0n) is 13.4. The molecule has 0 bridgehead atoms. The van der Waals surface area contributed by atoms with Crippen molar-refractivity contribution in [3.05, 3.63) is 35.6 Å². The maximum atomic E-state index is 13.3. The summed E-state index contributed by atoms with van der Waals surface area (Å²) in [5.41, 5.74) is 0.654. The number of halogens is 1. The second-order valence-corrected chi connectivity index (χ2v) is 6.93. The monoisotopic (exact) mass is 332 g/mol. The first-order valence-electron chi connectivity index (χ1n) is 8.58. The van der Waals surface area contributed by atoms with E-state index in [0.717, 1.165) is 19.3 Å². The molecule has 0 unspecified atom stereocenters. The minimum Gasteiger partial charge on any atom is -0.375 e. The third kappa shape index (κ3) is 3.02. The van der Waals surface area contributed by atoms with Crippen LogP contribution in [0.5, 0.6) is 0 Å². The molecule has 6 heteroatoms. The topological polar surface area (TPSA) is 58.6 Å². The highest BCUT2D eigenvalue weighted by molar-refractivity contribution is 5.84. The molecule has 24 heavy (non-hydrogen) atoms. The normalized spacial score (nSPS) is 28.7. The minimum atomic E-state index is -0.342. The van der Waals surface area contributed by atoms with Crippen LogP contribution in [0.2, 0.25) is 0 Å². The van der Waals surface area contributed by atoms with Gasteiger partial charge in [-0.2, -0.15) is 0 Å². The van der Waals surface area contributed by atoms with E-state index >= 15 is 0 Å². The smallest absolute Gasteiger partial charge is 0.227 e. The average Bonchev–Trinajstić information content (AvgIpc) is 3.09. The molecule has 2 aliphatic heterocycles. The second-order valence-electron chi connectivity index (χ2n) is 6.93. The van der Waals surface area contributed by atoms with Gasteiger partial charge in [0.05, 0.1) is 24.5 Å². The van der Waals surface area contributed by atoms with Gasteiger partial charge in [0.1, 0.15) is 5.82 Å². The standard InChI is InChI=1S/C18H21FN2O3/c19-12-3-1-2-11(8-12)9-16(22)21-10-14(17-15(21)6-7-24-17)18(23)20-13-4-5-13/h1-3,8,13-15,17H,4-7,9-10H2,(H,20,23)/t14-,15+,17-/m1/s1. The highest BCUT2D eigenvalue weighted by Crippen LogP contribution is 2.34. The van der Waals surface area contributed by atoms with E-state index in [0.29, 0.717) is 24.8 Å². The van der Waals surface area contributed by atoms with Gasteiger partial charge in [-0.25, -0.2) is 4.39 Å². The molecule has 1 saturated carbocycles. The van der Waals surface area contributed by atoms with E-state index in [-0.39, 0.29) is 42.1 Å². The van der Waals surface area contributed by atoms with Crippen LogP contribution in [0.1, 0.15) is 24.8 Å². The van der Waals surface area contributed by atoms with Crippen LogP contribution in [0, 0.1) is 11.7 Å². The lowest BCUT2D eigenvalue weighted by Crippen LogP contribution is -2.39. The van der Waals surface area contributed by atoms with Crippen LogP contribution in [0.25, 0.3) is 0 Å². The number of rotatable bonds is 4. The van der Waals surface area contributed by atoms with Gasteiger partial charge in [-0.1, -0.05) is 12.1 Å². The van der Waals surface area contributed by atoms with Gasteiger partial charge in [0.25, 0.3) is 0 Å². The fourth-order valence-corrected chi connectivity index (χ4v) is 3.75. The molecule has 3 fully saturated rings. The van der Waals surface area contributed by atoms with Gasteiger partial charge >= 0.3 is 0 Å². The van der Waals surface area contributed by atoms with E-state index in [9.17, 15) is 14.0 Å². The largest absolute Gasteiger partial charge is 0.375 e. The number of hydrogen-bond acceptors (Lipinski definition) is 3. The first kappa shape index (κ1) is 15.6. The number of nitrogens with zero attached hydrogens (tertiary/aromatic N) is 1. The molecule has 0 aromatic heterocycles. The summed E-state index contributed by atoms with van der Waals surface area (Å²) in [5.74, 6) is -0.710. The van der Waals surface area contributed by atoms with Crippen molar-refractivity contribution in [1.82, 2.24) is 10.2 Å². The first-order valence-corrected chi connectivity index (χ1v) is 8.58. The van der Waals surface area contributed by atoms with Crippen molar-refractivity contribution < 1.29 is 18.7 Å². The Kier molecular flexibility index (Phi) is 4.00. The molecule has 128 valence electrons. The molecule has 5 nitrogen and oxygen atoms in total. The van der Waals surface area contributed by atoms with Crippen LogP contribution in [0.4, 0.5) is 4.39 Å². The van der Waals surface area contributed by atoms with Crippen LogP contribution in [-0.2, 0) is 20.7 Å². The molecule has 3 aliphatic rings. The predicted octanol–water partition coefficient (Wildman–Crippen LogP) is 1.26. The number of hydrogen-bond donors (Lipinski definition) is 1. The summed E-state index contributed by atoms with van der Waals surface area (Å²) in [7, 11) is 0. The Morgan fingerprint density at radius 3 is 2.88 bits per heavy atom. The number of carbonyl (C=O) groups is 2. The Hall–Kier alpha value is -1.95. The molecule has 1 aliphatic carbocycles. The molecule has 2 amide bonds. The lowest BCUT2D eigenvalue weighted by atomic mass is 10.0. The van der Waals surface area contributed by atoms with Gasteiger partial charge in [-0.15, -0.1) is 0 Å². The summed E-state index contributed by atoms with van der Waals surface area (Å²) < 4.78 is 19.1. The number of carbonyl (C=O) groups excluding carboxylic acids is 2. The van der Waals surface area contributed by atoms with E-state index in [1.807, 2.05) is 0 Å². The minimum absolute atomic E-state index is 0.00421. The zero-order chi connectivity index (χ0) is 16.7. The molecule has 1 aromatic carbocycles. The van der Waals surface area contributed by atoms with Gasteiger partial charge in [0, 0.05) is 19.2 Å². The summed E-state index contributed by atoms with van der Waals surface area (Å²) in [6.07, 6.45) is 2.77. The third-order valence-corrected chi connectivity index (χ3v) is 5.12. The molecular formula is C18H21FN2O3. The molecule has 2 heterocycles. The molecule has 1 N–H and O–H groups in total. The fourth-order valence-electron chi connectivity index (χ4n) is 3.75. The van der Waals surface area contributed by atoms with Gasteiger partial charge in [-0.3, -0.25) is 9.59 Å². The van der Waals surface area contributed by atoms with Crippen molar-refractivity contribution in [3.63, 3.8) is 0 Å². The highest BCUT2D eigenvalue weighted by atomic mass is 19.1. The summed E-state index contributed by atoms with van der Waals surface area (Å²) in [6.45, 7) is 0.967. The van der Waals surface area contributed by atoms with Crippen molar-refractivity contribution in [2.45, 2.75) is 43.9 Å². The van der Waals surface area contributed by atoms with Crippen molar-refractivity contribution in [1.29, 1.82) is 0 Å². The van der Waals surface area contributed by atoms with Crippen LogP contribution >= 0.6 is 0 Å². The second kappa shape index (κ2) is 6.16. The van der Waals surface area contributed by atoms with Crippen LogP contribution in [-0.4, -0.2) is 48.1 Å². The number of benzene rings is 1. The number of fused-ring (bicyclic) bond motifs is 1. The Labute approximate surface area is 140 Å². The van der Waals surface area contributed by atoms with Crippen LogP contribution in [0.3, 0.4) is 0 Å². The van der Waals surface area contributed by atoms with E-state index in [1.54, 1.807) is 17.0 Å². The quantitative estimate of drug-likeness (QED) is 0.903. The summed E-state index contributed by atoms with van der Waals surface area (Å²) in [6, 6.07) is 6.36. The summed E-state index contributed by atoms with van der Waals surface area (Å²) >= 11 is 0. The Bertz CT molecular complexity index is 661. The van der Waals surface area contributed by atoms with Crippen molar-refractivity contribution in [2.75, 3.05) is 13.2 Å². The highest BCUT2D eigenvalue weighted by Gasteiger charge is 2.50. The molecule has 0 radical (unpaired) electrons. The number of ether oxygens (including phenoxy) is 1. The number of amides is 2. The van der Waals surface area contributed by atoms with Gasteiger partial charge in [0.15, 0.2) is 0 Å². The molecule has 4 rings (SSSR count). The molecular weight excluding hydrogens is 311 g/mol. The Balaban J connectivity index is 1.46. The van der Waals surface area contributed by atoms with Gasteiger partial charge < -0.3 is 15.0 Å². The van der Waals surface area contributed by atoms with E-state index < -0.39 is 0 Å². The third-order valence-electron chi connectivity index (χ3n) is 5.12. The Morgan fingerprint density at radius 2 is 2.12 bits per heavy atom. The van der Waals surface area contributed by atoms with E-state index in [2.05, 4.69) is 5.32 Å². The van der Waals surface area contributed by atoms with Crippen molar-refractivity contribution in [3.8, 4) is 0 Å². The maximum absolute atomic E-state index is 13.3. The number of nitrogens with one attached hydrogen (secondary N) is 1. The Morgan fingerprint density at radius 1 is 1.29 bits per heavy atom. The first-order chi connectivity index (χ1) is 11.6. The van der Waals surface area contributed by atoms with Gasteiger partial charge in [0.2, 0.25) is 11.8 Å². The fraction of sp³-hybridized carbons (Fsp3) is 0.556. The molecule has 3 atom stereocenters.